The Morgan fingerprint density at radius 2 is 1.34 bits per heavy atom. The summed E-state index contributed by atoms with van der Waals surface area (Å²) < 4.78 is 43.6. The number of hydrogen-bond acceptors (Lipinski definition) is 13. The molecule has 1 rings (SSSR count). The predicted molar refractivity (Wildman–Crippen MR) is 140 cm³/mol. The molecule has 0 aromatic rings. The van der Waals surface area contributed by atoms with E-state index in [0.29, 0.717) is 13.2 Å². The molecule has 0 unspecified atom stereocenters. The molecule has 1 aliphatic heterocycles. The summed E-state index contributed by atoms with van der Waals surface area (Å²) in [6, 6.07) is -1.05. The lowest BCUT2D eigenvalue weighted by molar-refractivity contribution is -0.279. The van der Waals surface area contributed by atoms with Crippen molar-refractivity contribution < 1.29 is 61.9 Å². The fourth-order valence-electron chi connectivity index (χ4n) is 3.72. The smallest absolute Gasteiger partial charge is 0.303 e. The Kier molecular flexibility index (Phi) is 18.5. The maximum atomic E-state index is 11.9. The quantitative estimate of drug-likeness (QED) is 0.106. The summed E-state index contributed by atoms with van der Waals surface area (Å²) in [4.78, 5) is 58.5. The SMILES string of the molecule is CCCCNC(=O)COCCOCCOCCO[C@@H]1O[C@H](COC(C)=O)[C@H](OC(C)=O)[C@H](OC(C)=O)[C@H]1NC(C)=O. The molecule has 15 heteroatoms. The highest BCUT2D eigenvalue weighted by Crippen LogP contribution is 2.28. The highest BCUT2D eigenvalue weighted by molar-refractivity contribution is 5.77. The van der Waals surface area contributed by atoms with Gasteiger partial charge in [-0.2, -0.15) is 0 Å². The van der Waals surface area contributed by atoms with Crippen LogP contribution < -0.4 is 10.6 Å². The molecule has 2 amide bonds. The number of unbranched alkanes of at least 4 members (excludes halogenated alkanes) is 1. The van der Waals surface area contributed by atoms with Gasteiger partial charge in [0.05, 0.1) is 39.6 Å². The van der Waals surface area contributed by atoms with Crippen LogP contribution in [0.3, 0.4) is 0 Å². The molecule has 5 atom stereocenters. The molecule has 0 bridgehead atoms. The van der Waals surface area contributed by atoms with Crippen molar-refractivity contribution in [3.8, 4) is 0 Å². The van der Waals surface area contributed by atoms with Crippen LogP contribution in [0.2, 0.25) is 0 Å². The van der Waals surface area contributed by atoms with Crippen molar-refractivity contribution in [2.75, 3.05) is 59.4 Å². The number of rotatable bonds is 20. The zero-order valence-corrected chi connectivity index (χ0v) is 24.5. The average molecular weight is 593 g/mol. The van der Waals surface area contributed by atoms with Gasteiger partial charge < -0.3 is 48.5 Å². The van der Waals surface area contributed by atoms with Crippen LogP contribution in [-0.2, 0) is 61.9 Å². The molecule has 2 N–H and O–H groups in total. The third-order valence-corrected chi connectivity index (χ3v) is 5.41. The second-order valence-electron chi connectivity index (χ2n) is 9.07. The van der Waals surface area contributed by atoms with E-state index in [1.807, 2.05) is 6.92 Å². The van der Waals surface area contributed by atoms with E-state index in [9.17, 15) is 24.0 Å². The molecule has 15 nitrogen and oxygen atoms in total. The first-order valence-electron chi connectivity index (χ1n) is 13.6. The van der Waals surface area contributed by atoms with E-state index < -0.39 is 54.5 Å². The van der Waals surface area contributed by atoms with Gasteiger partial charge in [-0.3, -0.25) is 24.0 Å². The van der Waals surface area contributed by atoms with Gasteiger partial charge in [-0.1, -0.05) is 13.3 Å². The van der Waals surface area contributed by atoms with E-state index in [0.717, 1.165) is 26.7 Å². The van der Waals surface area contributed by atoms with Gasteiger partial charge in [-0.05, 0) is 6.42 Å². The lowest BCUT2D eigenvalue weighted by Crippen LogP contribution is -2.66. The van der Waals surface area contributed by atoms with Gasteiger partial charge in [0, 0.05) is 34.2 Å². The lowest BCUT2D eigenvalue weighted by Gasteiger charge is -2.44. The molecule has 1 aliphatic rings. The molecule has 236 valence electrons. The van der Waals surface area contributed by atoms with Gasteiger partial charge in [-0.15, -0.1) is 0 Å². The first kappa shape index (κ1) is 36.2. The zero-order chi connectivity index (χ0) is 30.6. The Bertz CT molecular complexity index is 825. The van der Waals surface area contributed by atoms with E-state index in [1.54, 1.807) is 0 Å². The van der Waals surface area contributed by atoms with Gasteiger partial charge in [0.25, 0.3) is 0 Å². The van der Waals surface area contributed by atoms with Crippen molar-refractivity contribution in [1.29, 1.82) is 0 Å². The average Bonchev–Trinajstić information content (AvgIpc) is 2.88. The fraction of sp³-hybridized carbons (Fsp3) is 0.808. The maximum absolute atomic E-state index is 11.9. The Hall–Kier alpha value is -2.85. The molecule has 0 radical (unpaired) electrons. The molecule has 0 aromatic carbocycles. The van der Waals surface area contributed by atoms with E-state index >= 15 is 0 Å². The number of esters is 3. The third kappa shape index (κ3) is 16.2. The molecular weight excluding hydrogens is 548 g/mol. The highest BCUT2D eigenvalue weighted by Gasteiger charge is 2.51. The topological polar surface area (TPSA) is 183 Å². The summed E-state index contributed by atoms with van der Waals surface area (Å²) in [6.07, 6.45) is -2.68. The lowest BCUT2D eigenvalue weighted by atomic mass is 9.96. The molecule has 1 saturated heterocycles. The second-order valence-corrected chi connectivity index (χ2v) is 9.07. The van der Waals surface area contributed by atoms with E-state index in [-0.39, 0.29) is 52.2 Å². The minimum absolute atomic E-state index is 0.0162. The normalized spacial score (nSPS) is 21.9. The highest BCUT2D eigenvalue weighted by atomic mass is 16.7. The summed E-state index contributed by atoms with van der Waals surface area (Å²) >= 11 is 0. The van der Waals surface area contributed by atoms with Gasteiger partial charge in [0.15, 0.2) is 18.5 Å². The van der Waals surface area contributed by atoms with Crippen LogP contribution in [0.1, 0.15) is 47.5 Å². The van der Waals surface area contributed by atoms with Crippen molar-refractivity contribution >= 4 is 29.7 Å². The van der Waals surface area contributed by atoms with Crippen molar-refractivity contribution in [1.82, 2.24) is 10.6 Å². The maximum Gasteiger partial charge on any atom is 0.303 e. The van der Waals surface area contributed by atoms with Crippen molar-refractivity contribution in [3.63, 3.8) is 0 Å². The first-order valence-corrected chi connectivity index (χ1v) is 13.6. The van der Waals surface area contributed by atoms with Gasteiger partial charge in [-0.25, -0.2) is 0 Å². The monoisotopic (exact) mass is 592 g/mol. The number of amides is 2. The van der Waals surface area contributed by atoms with Crippen LogP contribution in [0, 0.1) is 0 Å². The van der Waals surface area contributed by atoms with Crippen LogP contribution in [0.25, 0.3) is 0 Å². The molecule has 41 heavy (non-hydrogen) atoms. The molecular formula is C26H44N2O13. The molecule has 0 saturated carbocycles. The van der Waals surface area contributed by atoms with Gasteiger partial charge in [0.1, 0.15) is 25.4 Å². The number of carbonyl (C=O) groups excluding carboxylic acids is 5. The predicted octanol–water partition coefficient (Wildman–Crippen LogP) is -0.375. The van der Waals surface area contributed by atoms with Gasteiger partial charge >= 0.3 is 17.9 Å². The second kappa shape index (κ2) is 20.9. The summed E-state index contributed by atoms with van der Waals surface area (Å²) in [5.41, 5.74) is 0. The molecule has 1 heterocycles. The van der Waals surface area contributed by atoms with Crippen LogP contribution in [0.15, 0.2) is 0 Å². The minimum Gasteiger partial charge on any atom is -0.463 e. The van der Waals surface area contributed by atoms with Crippen LogP contribution in [0.5, 0.6) is 0 Å². The number of carbonyl (C=O) groups is 5. The molecule has 0 spiro atoms. The standard InChI is InChI=1S/C26H44N2O13/c1-6-7-8-27-22(33)16-36-12-11-34-9-10-35-13-14-37-26-23(28-17(2)29)25(40-20(5)32)24(39-19(4)31)21(41-26)15-38-18(3)30/h21,23-26H,6-16H2,1-5H3,(H,27,33)(H,28,29)/t21-,23-,24+,25-,26-/m1/s1. The minimum atomic E-state index is -1.20. The summed E-state index contributed by atoms with van der Waals surface area (Å²) in [5.74, 6) is -2.63. The van der Waals surface area contributed by atoms with Crippen molar-refractivity contribution in [3.05, 3.63) is 0 Å². The Labute approximate surface area is 240 Å². The van der Waals surface area contributed by atoms with E-state index in [4.69, 9.17) is 37.9 Å². The molecule has 0 aliphatic carbocycles. The van der Waals surface area contributed by atoms with Crippen molar-refractivity contribution in [2.45, 2.75) is 78.1 Å². The number of nitrogens with one attached hydrogen (secondary N) is 2. The van der Waals surface area contributed by atoms with Gasteiger partial charge in [0.2, 0.25) is 11.8 Å². The van der Waals surface area contributed by atoms with Crippen LogP contribution in [-0.4, -0.2) is 120 Å². The first-order chi connectivity index (χ1) is 19.5. The van der Waals surface area contributed by atoms with E-state index in [1.165, 1.54) is 13.8 Å². The number of ether oxygens (including phenoxy) is 8. The zero-order valence-electron chi connectivity index (χ0n) is 24.5. The molecule has 0 aromatic heterocycles. The van der Waals surface area contributed by atoms with Crippen LogP contribution >= 0.6 is 0 Å². The number of hydrogen-bond donors (Lipinski definition) is 2. The fourth-order valence-corrected chi connectivity index (χ4v) is 3.72. The largest absolute Gasteiger partial charge is 0.463 e. The Morgan fingerprint density at radius 1 is 0.756 bits per heavy atom. The summed E-state index contributed by atoms with van der Waals surface area (Å²) in [6.45, 7) is 8.34. The van der Waals surface area contributed by atoms with E-state index in [2.05, 4.69) is 10.6 Å². The Balaban J connectivity index is 2.56. The third-order valence-electron chi connectivity index (χ3n) is 5.41. The van der Waals surface area contributed by atoms with Crippen molar-refractivity contribution in [2.24, 2.45) is 0 Å². The summed E-state index contributed by atoms with van der Waals surface area (Å²) in [7, 11) is 0. The molecule has 1 fully saturated rings. The summed E-state index contributed by atoms with van der Waals surface area (Å²) in [5, 5.41) is 5.37. The van der Waals surface area contributed by atoms with Crippen LogP contribution in [0.4, 0.5) is 0 Å². The Morgan fingerprint density at radius 3 is 1.90 bits per heavy atom.